The van der Waals surface area contributed by atoms with Gasteiger partial charge in [-0.3, -0.25) is 0 Å². The fourth-order valence-corrected chi connectivity index (χ4v) is 4.93. The predicted molar refractivity (Wildman–Crippen MR) is 104 cm³/mol. The topological polar surface area (TPSA) is 60.3 Å². The van der Waals surface area contributed by atoms with Gasteiger partial charge in [0.05, 0.1) is 33.3 Å². The van der Waals surface area contributed by atoms with Crippen LogP contribution in [-0.4, -0.2) is 59.2 Å². The molecule has 7 heteroatoms. The van der Waals surface area contributed by atoms with Crippen LogP contribution in [0.3, 0.4) is 0 Å². The van der Waals surface area contributed by atoms with Crippen molar-refractivity contribution in [1.82, 2.24) is 4.31 Å². The third kappa shape index (κ3) is 4.80. The van der Waals surface area contributed by atoms with E-state index in [9.17, 15) is 8.42 Å². The number of nitrogens with one attached hydrogen (secondary N) is 1. The lowest BCUT2D eigenvalue weighted by Gasteiger charge is -2.31. The van der Waals surface area contributed by atoms with Crippen LogP contribution in [0.1, 0.15) is 5.56 Å². The van der Waals surface area contributed by atoms with Crippen molar-refractivity contribution in [2.75, 3.05) is 46.4 Å². The Hall–Kier alpha value is -2.09. The van der Waals surface area contributed by atoms with E-state index in [0.717, 1.165) is 30.9 Å². The number of ether oxygens (including phenoxy) is 2. The van der Waals surface area contributed by atoms with Crippen molar-refractivity contribution in [3.05, 3.63) is 54.1 Å². The molecule has 0 aromatic heterocycles. The highest BCUT2D eigenvalue weighted by molar-refractivity contribution is 7.89. The highest BCUT2D eigenvalue weighted by Gasteiger charge is 2.32. The first-order valence-electron chi connectivity index (χ1n) is 9.17. The second-order valence-corrected chi connectivity index (χ2v) is 8.63. The van der Waals surface area contributed by atoms with Gasteiger partial charge in [0.1, 0.15) is 29.5 Å². The van der Waals surface area contributed by atoms with Crippen molar-refractivity contribution in [2.24, 2.45) is 0 Å². The SMILES string of the molecule is COc1ccc(C)cc1S(=O)(=O)N1CC[NH+](CCOc2ccccc2)CC1. The minimum absolute atomic E-state index is 0.251. The van der Waals surface area contributed by atoms with Gasteiger partial charge in [-0.15, -0.1) is 0 Å². The zero-order chi connectivity index (χ0) is 19.3. The Bertz CT molecular complexity index is 848. The van der Waals surface area contributed by atoms with Gasteiger partial charge in [-0.1, -0.05) is 24.3 Å². The lowest BCUT2D eigenvalue weighted by atomic mass is 10.2. The zero-order valence-electron chi connectivity index (χ0n) is 15.8. The van der Waals surface area contributed by atoms with Crippen molar-refractivity contribution in [2.45, 2.75) is 11.8 Å². The number of methoxy groups -OCH3 is 1. The molecule has 0 amide bonds. The van der Waals surface area contributed by atoms with Crippen molar-refractivity contribution in [3.8, 4) is 11.5 Å². The molecule has 0 bridgehead atoms. The monoisotopic (exact) mass is 391 g/mol. The molecule has 3 rings (SSSR count). The van der Waals surface area contributed by atoms with Crippen molar-refractivity contribution in [1.29, 1.82) is 0 Å². The Morgan fingerprint density at radius 3 is 2.44 bits per heavy atom. The highest BCUT2D eigenvalue weighted by Crippen LogP contribution is 2.27. The van der Waals surface area contributed by atoms with E-state index in [1.165, 1.54) is 12.0 Å². The third-order valence-electron chi connectivity index (χ3n) is 4.83. The van der Waals surface area contributed by atoms with Crippen LogP contribution in [0, 0.1) is 6.92 Å². The average Bonchev–Trinajstić information content (AvgIpc) is 2.69. The molecule has 1 aliphatic rings. The zero-order valence-corrected chi connectivity index (χ0v) is 16.7. The molecule has 1 saturated heterocycles. The second kappa shape index (κ2) is 8.73. The standard InChI is InChI=1S/C20H26N2O4S/c1-17-8-9-19(25-2)20(16-17)27(23,24)22-12-10-21(11-13-22)14-15-26-18-6-4-3-5-7-18/h3-9,16H,10-15H2,1-2H3/p+1. The molecule has 6 nitrogen and oxygen atoms in total. The molecule has 0 atom stereocenters. The number of piperazine rings is 1. The first-order chi connectivity index (χ1) is 13.0. The highest BCUT2D eigenvalue weighted by atomic mass is 32.2. The molecule has 0 saturated carbocycles. The molecule has 2 aromatic rings. The maximum atomic E-state index is 13.0. The molecule has 0 spiro atoms. The van der Waals surface area contributed by atoms with E-state index in [-0.39, 0.29) is 4.90 Å². The predicted octanol–water partition coefficient (Wildman–Crippen LogP) is 0.972. The molecular formula is C20H27N2O4S+. The summed E-state index contributed by atoms with van der Waals surface area (Å²) < 4.78 is 38.6. The first-order valence-corrected chi connectivity index (χ1v) is 10.6. The Morgan fingerprint density at radius 1 is 1.07 bits per heavy atom. The lowest BCUT2D eigenvalue weighted by Crippen LogP contribution is -3.15. The Balaban J connectivity index is 1.56. The number of rotatable bonds is 7. The van der Waals surface area contributed by atoms with Crippen LogP contribution in [0.4, 0.5) is 0 Å². The molecule has 0 radical (unpaired) electrons. The summed E-state index contributed by atoms with van der Waals surface area (Å²) in [7, 11) is -2.05. The summed E-state index contributed by atoms with van der Waals surface area (Å²) >= 11 is 0. The van der Waals surface area contributed by atoms with Gasteiger partial charge in [0.25, 0.3) is 0 Å². The van der Waals surface area contributed by atoms with Crippen molar-refractivity contribution >= 4 is 10.0 Å². The Labute approximate surface area is 161 Å². The summed E-state index contributed by atoms with van der Waals surface area (Å²) in [6.45, 7) is 5.90. The van der Waals surface area contributed by atoms with E-state index < -0.39 is 10.0 Å². The van der Waals surface area contributed by atoms with Gasteiger partial charge in [0.15, 0.2) is 0 Å². The van der Waals surface area contributed by atoms with Crippen LogP contribution in [0.25, 0.3) is 0 Å². The molecule has 0 unspecified atom stereocenters. The van der Waals surface area contributed by atoms with E-state index in [1.54, 1.807) is 16.4 Å². The fraction of sp³-hybridized carbons (Fsp3) is 0.400. The summed E-state index contributed by atoms with van der Waals surface area (Å²) in [5.41, 5.74) is 0.900. The minimum Gasteiger partial charge on any atom is -0.495 e. The van der Waals surface area contributed by atoms with E-state index in [2.05, 4.69) is 0 Å². The summed E-state index contributed by atoms with van der Waals surface area (Å²) in [4.78, 5) is 1.61. The van der Waals surface area contributed by atoms with E-state index in [0.29, 0.717) is 25.4 Å². The number of benzene rings is 2. The third-order valence-corrected chi connectivity index (χ3v) is 6.75. The van der Waals surface area contributed by atoms with Gasteiger partial charge in [-0.2, -0.15) is 4.31 Å². The van der Waals surface area contributed by atoms with Gasteiger partial charge >= 0.3 is 0 Å². The Morgan fingerprint density at radius 2 is 1.78 bits per heavy atom. The first kappa shape index (κ1) is 19.7. The van der Waals surface area contributed by atoms with E-state index in [1.807, 2.05) is 43.3 Å². The molecule has 1 fully saturated rings. The molecule has 2 aromatic carbocycles. The molecular weight excluding hydrogens is 364 g/mol. The second-order valence-electron chi connectivity index (χ2n) is 6.72. The minimum atomic E-state index is -3.55. The van der Waals surface area contributed by atoms with E-state index >= 15 is 0 Å². The molecule has 1 aliphatic heterocycles. The summed E-state index contributed by atoms with van der Waals surface area (Å²) in [6.07, 6.45) is 0. The van der Waals surface area contributed by atoms with Gasteiger partial charge in [0, 0.05) is 0 Å². The number of para-hydroxylation sites is 1. The molecule has 0 aliphatic carbocycles. The average molecular weight is 392 g/mol. The number of aryl methyl sites for hydroxylation is 1. The van der Waals surface area contributed by atoms with Crippen LogP contribution in [0.5, 0.6) is 11.5 Å². The van der Waals surface area contributed by atoms with Gasteiger partial charge in [0.2, 0.25) is 10.0 Å². The quantitative estimate of drug-likeness (QED) is 0.764. The lowest BCUT2D eigenvalue weighted by molar-refractivity contribution is -0.903. The number of hydrogen-bond acceptors (Lipinski definition) is 4. The molecule has 27 heavy (non-hydrogen) atoms. The van der Waals surface area contributed by atoms with E-state index in [4.69, 9.17) is 9.47 Å². The maximum absolute atomic E-state index is 13.0. The molecule has 1 heterocycles. The summed E-state index contributed by atoms with van der Waals surface area (Å²) in [5.74, 6) is 1.26. The maximum Gasteiger partial charge on any atom is 0.247 e. The van der Waals surface area contributed by atoms with Gasteiger partial charge in [-0.05, 0) is 36.8 Å². The number of hydrogen-bond donors (Lipinski definition) is 1. The number of nitrogens with zero attached hydrogens (tertiary/aromatic N) is 1. The summed E-state index contributed by atoms with van der Waals surface area (Å²) in [5, 5.41) is 0. The van der Waals surface area contributed by atoms with Crippen LogP contribution >= 0.6 is 0 Å². The van der Waals surface area contributed by atoms with Crippen LogP contribution in [0.15, 0.2) is 53.4 Å². The van der Waals surface area contributed by atoms with Crippen LogP contribution in [0.2, 0.25) is 0 Å². The van der Waals surface area contributed by atoms with Gasteiger partial charge in [-0.25, -0.2) is 8.42 Å². The summed E-state index contributed by atoms with van der Waals surface area (Å²) in [6, 6.07) is 15.0. The van der Waals surface area contributed by atoms with Gasteiger partial charge < -0.3 is 14.4 Å². The smallest absolute Gasteiger partial charge is 0.247 e. The van der Waals surface area contributed by atoms with Crippen molar-refractivity contribution < 1.29 is 22.8 Å². The number of sulfonamides is 1. The normalized spacial score (nSPS) is 16.2. The molecule has 1 N–H and O–H groups in total. The molecule has 146 valence electrons. The Kier molecular flexibility index (Phi) is 6.36. The van der Waals surface area contributed by atoms with Crippen LogP contribution < -0.4 is 14.4 Å². The largest absolute Gasteiger partial charge is 0.495 e. The number of quaternary nitrogens is 1. The van der Waals surface area contributed by atoms with Crippen LogP contribution in [-0.2, 0) is 10.0 Å². The van der Waals surface area contributed by atoms with Crippen molar-refractivity contribution in [3.63, 3.8) is 0 Å². The fourth-order valence-electron chi connectivity index (χ4n) is 3.25.